The predicted octanol–water partition coefficient (Wildman–Crippen LogP) is 2.86. The minimum Gasteiger partial charge on any atom is -0.459 e. The monoisotopic (exact) mass is 362 g/mol. The lowest BCUT2D eigenvalue weighted by Gasteiger charge is -2.08. The van der Waals surface area contributed by atoms with E-state index in [1.165, 1.54) is 10.5 Å². The van der Waals surface area contributed by atoms with Crippen molar-refractivity contribution < 1.29 is 9.53 Å². The first kappa shape index (κ1) is 15.0. The number of nitrogens with zero attached hydrogens (tertiary/aromatic N) is 2. The summed E-state index contributed by atoms with van der Waals surface area (Å²) in [4.78, 5) is 28.2. The largest absolute Gasteiger partial charge is 0.459 e. The van der Waals surface area contributed by atoms with Crippen LogP contribution in [0.5, 0.6) is 0 Å². The number of aromatic nitrogens is 2. The Morgan fingerprint density at radius 2 is 2.32 bits per heavy atom. The molecule has 0 spiro atoms. The number of hydrogen-bond acceptors (Lipinski definition) is 4. The summed E-state index contributed by atoms with van der Waals surface area (Å²) in [6, 6.07) is 4.94. The molecule has 0 aliphatic heterocycles. The Morgan fingerprint density at radius 3 is 3.09 bits per heavy atom. The average molecular weight is 363 g/mol. The number of ether oxygens (including phenoxy) is 1. The van der Waals surface area contributed by atoms with Gasteiger partial charge in [0.25, 0.3) is 5.56 Å². The second-order valence-electron chi connectivity index (χ2n) is 5.29. The maximum absolute atomic E-state index is 12.0. The third-order valence-corrected chi connectivity index (χ3v) is 4.07. The summed E-state index contributed by atoms with van der Waals surface area (Å²) in [6.45, 7) is 0.0249. The molecule has 0 radical (unpaired) electrons. The fraction of sp³-hybridized carbons (Fsp3) is 0.312. The zero-order valence-corrected chi connectivity index (χ0v) is 13.5. The summed E-state index contributed by atoms with van der Waals surface area (Å²) in [5.74, 6) is 0.0226. The van der Waals surface area contributed by atoms with Crippen LogP contribution in [0.2, 0.25) is 0 Å². The topological polar surface area (TPSA) is 60.7 Å². The van der Waals surface area contributed by atoms with E-state index in [0.717, 1.165) is 17.3 Å². The average Bonchev–Trinajstić information content (AvgIpc) is 2.99. The SMILES string of the molecule is O=C(C[C@H]1C=CCC1)OCc1cc(=O)n2cc(Br)ccc2n1. The van der Waals surface area contributed by atoms with E-state index in [4.69, 9.17) is 4.74 Å². The van der Waals surface area contributed by atoms with Crippen molar-refractivity contribution in [1.82, 2.24) is 9.38 Å². The van der Waals surface area contributed by atoms with Crippen molar-refractivity contribution >= 4 is 27.5 Å². The molecule has 3 rings (SSSR count). The summed E-state index contributed by atoms with van der Waals surface area (Å²) in [5.41, 5.74) is 0.791. The van der Waals surface area contributed by atoms with Crippen molar-refractivity contribution in [2.24, 2.45) is 5.92 Å². The Kier molecular flexibility index (Phi) is 4.38. The number of esters is 1. The Morgan fingerprint density at radius 1 is 1.45 bits per heavy atom. The minimum absolute atomic E-state index is 0.0249. The molecule has 22 heavy (non-hydrogen) atoms. The first-order chi connectivity index (χ1) is 10.6. The van der Waals surface area contributed by atoms with Crippen molar-refractivity contribution in [2.75, 3.05) is 0 Å². The van der Waals surface area contributed by atoms with Crippen LogP contribution in [0, 0.1) is 5.92 Å². The molecule has 1 aliphatic rings. The molecule has 2 aromatic rings. The second-order valence-corrected chi connectivity index (χ2v) is 6.21. The number of pyridine rings is 1. The quantitative estimate of drug-likeness (QED) is 0.619. The Balaban J connectivity index is 1.68. The fourth-order valence-corrected chi connectivity index (χ4v) is 2.83. The fourth-order valence-electron chi connectivity index (χ4n) is 2.49. The molecule has 5 nitrogen and oxygen atoms in total. The molecule has 0 aromatic carbocycles. The molecule has 2 heterocycles. The van der Waals surface area contributed by atoms with Crippen LogP contribution in [0.25, 0.3) is 5.65 Å². The predicted molar refractivity (Wildman–Crippen MR) is 85.4 cm³/mol. The lowest BCUT2D eigenvalue weighted by Crippen LogP contribution is -2.17. The van der Waals surface area contributed by atoms with Crippen LogP contribution in [-0.4, -0.2) is 15.4 Å². The standard InChI is InChI=1S/C16H15BrN2O3/c17-12-5-6-14-18-13(8-15(20)19(14)9-12)10-22-16(21)7-11-3-1-2-4-11/h1,3,5-6,8-9,11H,2,4,7,10H2/t11-/m0/s1. The van der Waals surface area contributed by atoms with Crippen LogP contribution in [-0.2, 0) is 16.1 Å². The van der Waals surface area contributed by atoms with Gasteiger partial charge in [0.1, 0.15) is 12.3 Å². The molecule has 0 bridgehead atoms. The highest BCUT2D eigenvalue weighted by Gasteiger charge is 2.15. The number of rotatable bonds is 4. The molecule has 0 N–H and O–H groups in total. The van der Waals surface area contributed by atoms with Gasteiger partial charge in [-0.25, -0.2) is 4.98 Å². The highest BCUT2D eigenvalue weighted by molar-refractivity contribution is 9.10. The van der Waals surface area contributed by atoms with Crippen LogP contribution in [0.15, 0.2) is 45.8 Å². The third kappa shape index (κ3) is 3.44. The van der Waals surface area contributed by atoms with Gasteiger partial charge in [0.2, 0.25) is 0 Å². The Bertz CT molecular complexity index is 798. The second kappa shape index (κ2) is 6.44. The first-order valence-electron chi connectivity index (χ1n) is 7.12. The van der Waals surface area contributed by atoms with E-state index in [1.54, 1.807) is 12.3 Å². The van der Waals surface area contributed by atoms with Gasteiger partial charge in [-0.3, -0.25) is 14.0 Å². The van der Waals surface area contributed by atoms with E-state index in [1.807, 2.05) is 6.07 Å². The van der Waals surface area contributed by atoms with Gasteiger partial charge in [-0.1, -0.05) is 12.2 Å². The maximum atomic E-state index is 12.0. The lowest BCUT2D eigenvalue weighted by molar-refractivity contribution is -0.145. The van der Waals surface area contributed by atoms with E-state index in [2.05, 4.69) is 33.1 Å². The molecule has 6 heteroatoms. The van der Waals surface area contributed by atoms with Crippen LogP contribution in [0.1, 0.15) is 25.0 Å². The number of fused-ring (bicyclic) bond motifs is 1. The summed E-state index contributed by atoms with van der Waals surface area (Å²) in [5, 5.41) is 0. The molecular weight excluding hydrogens is 348 g/mol. The molecule has 114 valence electrons. The Labute approximate surface area is 135 Å². The van der Waals surface area contributed by atoms with E-state index in [0.29, 0.717) is 17.8 Å². The summed E-state index contributed by atoms with van der Waals surface area (Å²) in [6.07, 6.45) is 8.21. The summed E-state index contributed by atoms with van der Waals surface area (Å²) in [7, 11) is 0. The summed E-state index contributed by atoms with van der Waals surface area (Å²) >= 11 is 3.31. The molecule has 0 unspecified atom stereocenters. The molecular formula is C16H15BrN2O3. The zero-order chi connectivity index (χ0) is 15.5. The van der Waals surface area contributed by atoms with Crippen LogP contribution in [0.4, 0.5) is 0 Å². The van der Waals surface area contributed by atoms with E-state index < -0.39 is 0 Å². The first-order valence-corrected chi connectivity index (χ1v) is 7.91. The van der Waals surface area contributed by atoms with Gasteiger partial charge < -0.3 is 4.74 Å². The minimum atomic E-state index is -0.255. The van der Waals surface area contributed by atoms with Gasteiger partial charge >= 0.3 is 5.97 Å². The van der Waals surface area contributed by atoms with Crippen molar-refractivity contribution in [1.29, 1.82) is 0 Å². The number of carbonyl (C=O) groups excluding carboxylic acids is 1. The van der Waals surface area contributed by atoms with Crippen LogP contribution >= 0.6 is 15.9 Å². The van der Waals surface area contributed by atoms with E-state index in [-0.39, 0.29) is 24.1 Å². The Hall–Kier alpha value is -1.95. The molecule has 0 saturated carbocycles. The summed E-state index contributed by atoms with van der Waals surface area (Å²) < 4.78 is 7.47. The smallest absolute Gasteiger partial charge is 0.306 e. The highest BCUT2D eigenvalue weighted by atomic mass is 79.9. The zero-order valence-electron chi connectivity index (χ0n) is 11.9. The van der Waals surface area contributed by atoms with Crippen LogP contribution in [0.3, 0.4) is 0 Å². The van der Waals surface area contributed by atoms with Crippen molar-refractivity contribution in [3.8, 4) is 0 Å². The van der Waals surface area contributed by atoms with Gasteiger partial charge in [-0.2, -0.15) is 0 Å². The van der Waals surface area contributed by atoms with E-state index >= 15 is 0 Å². The van der Waals surface area contributed by atoms with Gasteiger partial charge in [0.05, 0.1) is 12.1 Å². The van der Waals surface area contributed by atoms with Gasteiger partial charge in [-0.05, 0) is 46.8 Å². The molecule has 0 fully saturated rings. The normalized spacial score (nSPS) is 17.0. The number of carbonyl (C=O) groups is 1. The van der Waals surface area contributed by atoms with Crippen molar-refractivity contribution in [3.05, 3.63) is 57.1 Å². The highest BCUT2D eigenvalue weighted by Crippen LogP contribution is 2.20. The van der Waals surface area contributed by atoms with Crippen molar-refractivity contribution in [2.45, 2.75) is 25.9 Å². The molecule has 1 aliphatic carbocycles. The third-order valence-electron chi connectivity index (χ3n) is 3.60. The van der Waals surface area contributed by atoms with Gasteiger partial charge in [0, 0.05) is 16.7 Å². The number of halogens is 1. The van der Waals surface area contributed by atoms with E-state index in [9.17, 15) is 9.59 Å². The van der Waals surface area contributed by atoms with Crippen molar-refractivity contribution in [3.63, 3.8) is 0 Å². The maximum Gasteiger partial charge on any atom is 0.306 e. The molecule has 1 atom stereocenters. The number of allylic oxidation sites excluding steroid dienone is 2. The molecule has 0 saturated heterocycles. The van der Waals surface area contributed by atoms with Gasteiger partial charge in [0.15, 0.2) is 0 Å². The number of hydrogen-bond donors (Lipinski definition) is 0. The molecule has 0 amide bonds. The van der Waals surface area contributed by atoms with Crippen LogP contribution < -0.4 is 5.56 Å². The molecule has 2 aromatic heterocycles. The lowest BCUT2D eigenvalue weighted by atomic mass is 10.1. The van der Waals surface area contributed by atoms with Gasteiger partial charge in [-0.15, -0.1) is 0 Å².